The van der Waals surface area contributed by atoms with Crippen LogP contribution < -0.4 is 11.0 Å². The van der Waals surface area contributed by atoms with Crippen molar-refractivity contribution < 1.29 is 4.79 Å². The monoisotopic (exact) mass is 244 g/mol. The van der Waals surface area contributed by atoms with Gasteiger partial charge in [-0.1, -0.05) is 11.8 Å². The summed E-state index contributed by atoms with van der Waals surface area (Å²) in [5.41, 5.74) is -0.279. The molecule has 0 aliphatic carbocycles. The molecule has 0 aliphatic heterocycles. The number of nitrogens with zero attached hydrogens (tertiary/aromatic N) is 2. The first-order chi connectivity index (χ1) is 7.41. The van der Waals surface area contributed by atoms with E-state index in [1.165, 1.54) is 16.3 Å². The van der Waals surface area contributed by atoms with Crippen LogP contribution in [0.5, 0.6) is 0 Å². The highest BCUT2D eigenvalue weighted by Crippen LogP contribution is 2.18. The summed E-state index contributed by atoms with van der Waals surface area (Å²) in [4.78, 5) is 22.7. The van der Waals surface area contributed by atoms with Crippen LogP contribution in [0, 0.1) is 0 Å². The standard InChI is InChI=1S/C9H16N4O2S/c1-5(2)10-7(14)6(3)16-9-12-11-8(15)13(9)4/h5-6H,1-4H3,(H,10,14)(H,11,15)/t6-/m1/s1. The number of aromatic nitrogens is 3. The zero-order chi connectivity index (χ0) is 12.3. The van der Waals surface area contributed by atoms with Crippen LogP contribution in [0.4, 0.5) is 0 Å². The Morgan fingerprint density at radius 3 is 2.56 bits per heavy atom. The van der Waals surface area contributed by atoms with Gasteiger partial charge in [0, 0.05) is 13.1 Å². The Balaban J connectivity index is 2.64. The highest BCUT2D eigenvalue weighted by molar-refractivity contribution is 8.00. The van der Waals surface area contributed by atoms with E-state index in [1.54, 1.807) is 14.0 Å². The van der Waals surface area contributed by atoms with Crippen LogP contribution >= 0.6 is 11.8 Å². The maximum absolute atomic E-state index is 11.6. The fourth-order valence-corrected chi connectivity index (χ4v) is 1.88. The van der Waals surface area contributed by atoms with Crippen LogP contribution in [-0.2, 0) is 11.8 Å². The molecule has 1 heterocycles. The SMILES string of the molecule is CC(C)NC(=O)[C@@H](C)Sc1n[nH]c(=O)n1C. The summed E-state index contributed by atoms with van der Waals surface area (Å²) in [6.07, 6.45) is 0. The third-order valence-electron chi connectivity index (χ3n) is 1.92. The van der Waals surface area contributed by atoms with Gasteiger partial charge in [0.15, 0.2) is 5.16 Å². The summed E-state index contributed by atoms with van der Waals surface area (Å²) >= 11 is 1.25. The smallest absolute Gasteiger partial charge is 0.343 e. The second-order valence-electron chi connectivity index (χ2n) is 3.79. The molecule has 1 rings (SSSR count). The van der Waals surface area contributed by atoms with Gasteiger partial charge in [-0.05, 0) is 20.8 Å². The van der Waals surface area contributed by atoms with Gasteiger partial charge < -0.3 is 5.32 Å². The van der Waals surface area contributed by atoms with E-state index >= 15 is 0 Å². The average Bonchev–Trinajstić information content (AvgIpc) is 2.48. The predicted molar refractivity (Wildman–Crippen MR) is 62.4 cm³/mol. The van der Waals surface area contributed by atoms with Crippen molar-refractivity contribution >= 4 is 17.7 Å². The molecule has 0 aliphatic rings. The first-order valence-corrected chi connectivity index (χ1v) is 5.88. The number of amides is 1. The fourth-order valence-electron chi connectivity index (χ4n) is 1.05. The molecule has 0 unspecified atom stereocenters. The topological polar surface area (TPSA) is 79.8 Å². The molecule has 1 aromatic rings. The molecule has 7 heteroatoms. The Morgan fingerprint density at radius 1 is 1.50 bits per heavy atom. The Labute approximate surface area is 97.8 Å². The molecule has 0 saturated carbocycles. The largest absolute Gasteiger partial charge is 0.353 e. The normalized spacial score (nSPS) is 12.8. The Morgan fingerprint density at radius 2 is 2.12 bits per heavy atom. The number of hydrogen-bond donors (Lipinski definition) is 2. The van der Waals surface area contributed by atoms with Crippen LogP contribution in [0.15, 0.2) is 9.95 Å². The molecule has 90 valence electrons. The maximum atomic E-state index is 11.6. The number of thioether (sulfide) groups is 1. The number of carbonyl (C=O) groups is 1. The molecule has 1 atom stereocenters. The lowest BCUT2D eigenvalue weighted by molar-refractivity contribution is -0.120. The average molecular weight is 244 g/mol. The van der Waals surface area contributed by atoms with Gasteiger partial charge in [-0.25, -0.2) is 9.89 Å². The van der Waals surface area contributed by atoms with Crippen LogP contribution in [0.3, 0.4) is 0 Å². The molecule has 0 aromatic carbocycles. The van der Waals surface area contributed by atoms with E-state index < -0.39 is 0 Å². The minimum Gasteiger partial charge on any atom is -0.353 e. The molecule has 1 aromatic heterocycles. The van der Waals surface area contributed by atoms with E-state index in [9.17, 15) is 9.59 Å². The number of carbonyl (C=O) groups excluding carboxylic acids is 1. The van der Waals surface area contributed by atoms with Crippen molar-refractivity contribution in [2.75, 3.05) is 0 Å². The van der Waals surface area contributed by atoms with E-state index in [0.29, 0.717) is 5.16 Å². The molecule has 6 nitrogen and oxygen atoms in total. The van der Waals surface area contributed by atoms with Gasteiger partial charge in [0.1, 0.15) is 0 Å². The van der Waals surface area contributed by atoms with Gasteiger partial charge in [0.2, 0.25) is 5.91 Å². The lowest BCUT2D eigenvalue weighted by atomic mass is 10.3. The number of rotatable bonds is 4. The lowest BCUT2D eigenvalue weighted by Gasteiger charge is -2.13. The van der Waals surface area contributed by atoms with Gasteiger partial charge in [-0.2, -0.15) is 0 Å². The minimum absolute atomic E-state index is 0.0598. The molecule has 0 fully saturated rings. The summed E-state index contributed by atoms with van der Waals surface area (Å²) in [5.74, 6) is -0.0598. The van der Waals surface area contributed by atoms with E-state index in [1.807, 2.05) is 13.8 Å². The second-order valence-corrected chi connectivity index (χ2v) is 5.10. The molecule has 2 N–H and O–H groups in total. The quantitative estimate of drug-likeness (QED) is 0.737. The van der Waals surface area contributed by atoms with Crippen molar-refractivity contribution in [3.05, 3.63) is 10.5 Å². The molecule has 0 spiro atoms. The summed E-state index contributed by atoms with van der Waals surface area (Å²) in [6.45, 7) is 5.58. The third-order valence-corrected chi connectivity index (χ3v) is 3.06. The molecule has 1 amide bonds. The van der Waals surface area contributed by atoms with E-state index in [4.69, 9.17) is 0 Å². The molecule has 0 bridgehead atoms. The number of H-pyrrole nitrogens is 1. The maximum Gasteiger partial charge on any atom is 0.343 e. The number of aromatic amines is 1. The molecule has 16 heavy (non-hydrogen) atoms. The highest BCUT2D eigenvalue weighted by atomic mass is 32.2. The molecule has 0 radical (unpaired) electrons. The summed E-state index contributed by atoms with van der Waals surface area (Å²) in [5, 5.41) is 9.19. The van der Waals surface area contributed by atoms with Crippen molar-refractivity contribution in [3.63, 3.8) is 0 Å². The Hall–Kier alpha value is -1.24. The van der Waals surface area contributed by atoms with Gasteiger partial charge in [0.25, 0.3) is 0 Å². The van der Waals surface area contributed by atoms with Crippen LogP contribution in [0.1, 0.15) is 20.8 Å². The van der Waals surface area contributed by atoms with Gasteiger partial charge >= 0.3 is 5.69 Å². The van der Waals surface area contributed by atoms with Gasteiger partial charge in [-0.15, -0.1) is 5.10 Å². The van der Waals surface area contributed by atoms with Crippen molar-refractivity contribution in [2.24, 2.45) is 7.05 Å². The summed E-state index contributed by atoms with van der Waals surface area (Å²) in [6, 6.07) is 0.110. The van der Waals surface area contributed by atoms with Crippen molar-refractivity contribution in [1.29, 1.82) is 0 Å². The third kappa shape index (κ3) is 3.13. The molecular formula is C9H16N4O2S. The highest BCUT2D eigenvalue weighted by Gasteiger charge is 2.18. The number of hydrogen-bond acceptors (Lipinski definition) is 4. The van der Waals surface area contributed by atoms with E-state index in [-0.39, 0.29) is 22.9 Å². The van der Waals surface area contributed by atoms with E-state index in [2.05, 4.69) is 15.5 Å². The van der Waals surface area contributed by atoms with Crippen LogP contribution in [0.25, 0.3) is 0 Å². The summed E-state index contributed by atoms with van der Waals surface area (Å²) in [7, 11) is 1.61. The first-order valence-electron chi connectivity index (χ1n) is 5.00. The van der Waals surface area contributed by atoms with Gasteiger partial charge in [-0.3, -0.25) is 9.36 Å². The lowest BCUT2D eigenvalue weighted by Crippen LogP contribution is -2.36. The fraction of sp³-hybridized carbons (Fsp3) is 0.667. The van der Waals surface area contributed by atoms with Crippen LogP contribution in [-0.4, -0.2) is 32.0 Å². The zero-order valence-corrected chi connectivity index (χ0v) is 10.6. The first kappa shape index (κ1) is 12.8. The number of nitrogens with one attached hydrogen (secondary N) is 2. The van der Waals surface area contributed by atoms with Crippen molar-refractivity contribution in [1.82, 2.24) is 20.1 Å². The Kier molecular flexibility index (Phi) is 4.17. The summed E-state index contributed by atoms with van der Waals surface area (Å²) < 4.78 is 1.38. The molecule has 0 saturated heterocycles. The second kappa shape index (κ2) is 5.20. The Bertz CT molecular complexity index is 423. The van der Waals surface area contributed by atoms with Crippen LogP contribution in [0.2, 0.25) is 0 Å². The molecular weight excluding hydrogens is 228 g/mol. The van der Waals surface area contributed by atoms with Crippen molar-refractivity contribution in [2.45, 2.75) is 37.2 Å². The van der Waals surface area contributed by atoms with Crippen molar-refractivity contribution in [3.8, 4) is 0 Å². The minimum atomic E-state index is -0.281. The van der Waals surface area contributed by atoms with Gasteiger partial charge in [0.05, 0.1) is 5.25 Å². The van der Waals surface area contributed by atoms with E-state index in [0.717, 1.165) is 0 Å². The predicted octanol–water partition coefficient (Wildman–Crippen LogP) is 0.114. The zero-order valence-electron chi connectivity index (χ0n) is 9.77.